The van der Waals surface area contributed by atoms with Crippen molar-refractivity contribution in [1.82, 2.24) is 19.5 Å². The van der Waals surface area contributed by atoms with E-state index in [0.717, 1.165) is 0 Å². The number of alkyl halides is 5. The first kappa shape index (κ1) is 39.2. The van der Waals surface area contributed by atoms with Crippen molar-refractivity contribution in [1.29, 1.82) is 0 Å². The Morgan fingerprint density at radius 2 is 1.87 bits per heavy atom. The number of nitrogens with zero attached hydrogens (tertiary/aromatic N) is 4. The van der Waals surface area contributed by atoms with Gasteiger partial charge >= 0.3 is 33.0 Å². The average molecular weight is 790 g/mol. The summed E-state index contributed by atoms with van der Waals surface area (Å²) in [7, 11) is -17.3. The Morgan fingerprint density at radius 1 is 1.22 bits per heavy atom. The van der Waals surface area contributed by atoms with Crippen molar-refractivity contribution in [3.05, 3.63) is 6.33 Å². The minimum Gasteiger partial charge on any atom is -0.617 e. The van der Waals surface area contributed by atoms with Crippen molar-refractivity contribution in [3.63, 3.8) is 0 Å². The van der Waals surface area contributed by atoms with E-state index >= 15 is 0 Å². The van der Waals surface area contributed by atoms with Crippen LogP contribution < -0.4 is 5.32 Å². The Hall–Kier alpha value is -0.250. The van der Waals surface area contributed by atoms with Crippen LogP contribution in [-0.2, 0) is 38.4 Å². The fourth-order valence-corrected chi connectivity index (χ4v) is 9.18. The standard InChI is InChI=1S/C18H27Cl2F3N5O12P3S2/c1-9-12(29)10(7-38-43(35,36)40-42(33,34)18(19,20)41(30,31)32)39-15(9)28-8-25-11-13(24-4-6-45(2)37)26-16(27-14(11)28)44-5-3-17(21,22)23/h8-10,12,15,29H,3-7H2,1-2H3,(H,33,34)(H,35,36)(H,24,26,27)(H2,30,31,32)/t9-,10?,12+,15-,45?/m1/s1. The number of thioether (sulfide) groups is 1. The van der Waals surface area contributed by atoms with E-state index in [1.165, 1.54) is 24.1 Å². The van der Waals surface area contributed by atoms with Crippen LogP contribution in [0.3, 0.4) is 0 Å². The molecule has 0 amide bonds. The van der Waals surface area contributed by atoms with Crippen LogP contribution in [0.25, 0.3) is 11.2 Å². The lowest BCUT2D eigenvalue weighted by molar-refractivity contribution is -0.129. The van der Waals surface area contributed by atoms with Gasteiger partial charge in [-0.05, 0) is 0 Å². The Kier molecular flexibility index (Phi) is 12.8. The molecule has 0 spiro atoms. The van der Waals surface area contributed by atoms with Crippen LogP contribution in [0.2, 0.25) is 0 Å². The highest BCUT2D eigenvalue weighted by molar-refractivity contribution is 7.99. The molecule has 0 bridgehead atoms. The maximum Gasteiger partial charge on any atom is 0.479 e. The molecular formula is C18H27Cl2F3N5O12P3S2. The van der Waals surface area contributed by atoms with E-state index in [1.807, 2.05) is 0 Å². The summed E-state index contributed by atoms with van der Waals surface area (Å²) >= 11 is 10.0. The Labute approximate surface area is 270 Å². The third-order valence-electron chi connectivity index (χ3n) is 5.96. The van der Waals surface area contributed by atoms with Crippen molar-refractivity contribution >= 4 is 86.1 Å². The molecule has 45 heavy (non-hydrogen) atoms. The second kappa shape index (κ2) is 14.7. The van der Waals surface area contributed by atoms with Gasteiger partial charge in [-0.3, -0.25) is 18.2 Å². The van der Waals surface area contributed by atoms with Gasteiger partial charge in [0, 0.05) is 11.7 Å². The van der Waals surface area contributed by atoms with Crippen molar-refractivity contribution in [2.75, 3.05) is 36.2 Å². The molecule has 6 N–H and O–H groups in total. The summed E-state index contributed by atoms with van der Waals surface area (Å²) in [6, 6.07) is 0. The lowest BCUT2D eigenvalue weighted by Crippen LogP contribution is -2.29. The Morgan fingerprint density at radius 3 is 2.44 bits per heavy atom. The zero-order chi connectivity index (χ0) is 34.2. The van der Waals surface area contributed by atoms with E-state index in [2.05, 4.69) is 29.1 Å². The predicted molar refractivity (Wildman–Crippen MR) is 156 cm³/mol. The predicted octanol–water partition coefficient (Wildman–Crippen LogP) is 3.14. The first-order valence-electron chi connectivity index (χ1n) is 12.2. The highest BCUT2D eigenvalue weighted by Crippen LogP contribution is 2.79. The molecule has 0 aliphatic carbocycles. The van der Waals surface area contributed by atoms with Crippen LogP contribution in [-0.4, -0.2) is 102 Å². The molecule has 27 heteroatoms. The molecular weight excluding hydrogens is 763 g/mol. The molecule has 2 aromatic rings. The van der Waals surface area contributed by atoms with Crippen molar-refractivity contribution < 1.29 is 69.7 Å². The highest BCUT2D eigenvalue weighted by Gasteiger charge is 2.62. The number of anilines is 1. The third-order valence-corrected chi connectivity index (χ3v) is 15.3. The van der Waals surface area contributed by atoms with Crippen molar-refractivity contribution in [3.8, 4) is 0 Å². The van der Waals surface area contributed by atoms with Gasteiger partial charge in [-0.1, -0.05) is 53.1 Å². The van der Waals surface area contributed by atoms with Gasteiger partial charge in [-0.25, -0.2) is 23.8 Å². The molecule has 1 fully saturated rings. The number of aromatic nitrogens is 4. The number of fused-ring (bicyclic) bond motifs is 1. The van der Waals surface area contributed by atoms with Crippen LogP contribution in [0.1, 0.15) is 19.6 Å². The summed E-state index contributed by atoms with van der Waals surface area (Å²) in [5.74, 6) is -0.869. The first-order valence-corrected chi connectivity index (χ1v) is 20.4. The fourth-order valence-electron chi connectivity index (χ4n) is 3.73. The van der Waals surface area contributed by atoms with Crippen LogP contribution >= 0.6 is 58.0 Å². The third kappa shape index (κ3) is 9.90. The van der Waals surface area contributed by atoms with E-state index in [1.54, 1.807) is 0 Å². The molecule has 17 nitrogen and oxygen atoms in total. The highest BCUT2D eigenvalue weighted by atomic mass is 35.5. The summed E-state index contributed by atoms with van der Waals surface area (Å²) in [4.78, 5) is 50.7. The molecule has 1 aliphatic rings. The maximum absolute atomic E-state index is 12.7. The van der Waals surface area contributed by atoms with Crippen molar-refractivity contribution in [2.24, 2.45) is 5.92 Å². The second-order valence-electron chi connectivity index (χ2n) is 9.43. The molecule has 0 saturated carbocycles. The van der Waals surface area contributed by atoms with Crippen LogP contribution in [0, 0.1) is 5.92 Å². The van der Waals surface area contributed by atoms with Gasteiger partial charge in [0.05, 0.1) is 38.3 Å². The van der Waals surface area contributed by atoms with E-state index in [9.17, 15) is 46.3 Å². The zero-order valence-electron chi connectivity index (χ0n) is 22.9. The quantitative estimate of drug-likeness (QED) is 0.0498. The summed E-state index contributed by atoms with van der Waals surface area (Å²) in [6.45, 7) is 0.712. The molecule has 3 rings (SSSR count). The van der Waals surface area contributed by atoms with Crippen LogP contribution in [0.4, 0.5) is 19.0 Å². The molecule has 2 aromatic heterocycles. The van der Waals surface area contributed by atoms with E-state index in [4.69, 9.17) is 37.7 Å². The van der Waals surface area contributed by atoms with Gasteiger partial charge in [-0.15, -0.1) is 0 Å². The van der Waals surface area contributed by atoms with E-state index in [-0.39, 0.29) is 34.4 Å². The summed E-state index contributed by atoms with van der Waals surface area (Å²) in [5, 5.41) is 13.6. The van der Waals surface area contributed by atoms with Gasteiger partial charge < -0.3 is 39.3 Å². The first-order chi connectivity index (χ1) is 20.5. The van der Waals surface area contributed by atoms with Crippen molar-refractivity contribution in [2.45, 2.75) is 46.9 Å². The molecule has 4 unspecified atom stereocenters. The molecule has 0 aromatic carbocycles. The largest absolute Gasteiger partial charge is 0.617 e. The lowest BCUT2D eigenvalue weighted by atomic mass is 10.0. The lowest BCUT2D eigenvalue weighted by Gasteiger charge is -2.26. The number of hydrogen-bond acceptors (Lipinski definition) is 13. The minimum atomic E-state index is -5.93. The topological polar surface area (TPSA) is 259 Å². The number of ether oxygens (including phenoxy) is 1. The average Bonchev–Trinajstić information content (AvgIpc) is 3.41. The number of halogens is 5. The number of aliphatic hydroxyl groups excluding tert-OH is 1. The number of phosphoric ester groups is 1. The number of phosphoric acid groups is 1. The van der Waals surface area contributed by atoms with Gasteiger partial charge in [-0.2, -0.15) is 13.2 Å². The monoisotopic (exact) mass is 789 g/mol. The van der Waals surface area contributed by atoms with Gasteiger partial charge in [0.2, 0.25) is 0 Å². The molecule has 1 aliphatic heterocycles. The number of hydrogen-bond donors (Lipinski definition) is 6. The van der Waals surface area contributed by atoms with Crippen LogP contribution in [0.15, 0.2) is 11.5 Å². The van der Waals surface area contributed by atoms with Crippen LogP contribution in [0.5, 0.6) is 0 Å². The number of rotatable bonds is 15. The van der Waals surface area contributed by atoms with E-state index < -0.39 is 87.3 Å². The molecule has 258 valence electrons. The van der Waals surface area contributed by atoms with Gasteiger partial charge in [0.1, 0.15) is 18.1 Å². The normalized spacial score (nSPS) is 24.8. The number of imidazole rings is 1. The molecule has 7 atom stereocenters. The Balaban J connectivity index is 1.82. The second-order valence-corrected chi connectivity index (χ2v) is 20.1. The van der Waals surface area contributed by atoms with Gasteiger partial charge in [0.25, 0.3) is 0 Å². The summed E-state index contributed by atoms with van der Waals surface area (Å²) in [6.07, 6.45) is -6.76. The smallest absolute Gasteiger partial charge is 0.479 e. The molecule has 0 radical (unpaired) electrons. The van der Waals surface area contributed by atoms with E-state index in [0.29, 0.717) is 11.8 Å². The van der Waals surface area contributed by atoms with Gasteiger partial charge in [0.15, 0.2) is 22.1 Å². The summed E-state index contributed by atoms with van der Waals surface area (Å²) < 4.78 is 97.4. The Bertz CT molecular complexity index is 1510. The zero-order valence-corrected chi connectivity index (χ0v) is 28.7. The SMILES string of the molecule is C[C@@H]1[C@H](O)C(COP(=O)(O)OP(=O)(O)C(Cl)(Cl)P(=O)(O)O)O[C@H]1n1cnc2c(NCC[S+](C)[O-])nc(SCCC(F)(F)F)nc21. The minimum absolute atomic E-state index is 0.0588. The molecule has 3 heterocycles. The fraction of sp³-hybridized carbons (Fsp3) is 0.722. The maximum atomic E-state index is 12.7. The molecule has 1 saturated heterocycles. The summed E-state index contributed by atoms with van der Waals surface area (Å²) in [5.41, 5.74) is 0.227. The number of nitrogens with one attached hydrogen (secondary N) is 1. The number of aliphatic hydroxyl groups is 1.